The maximum atomic E-state index is 3.29. The number of hydrogen-bond donors (Lipinski definition) is 0. The van der Waals surface area contributed by atoms with E-state index in [9.17, 15) is 0 Å². The Balaban J connectivity index is 1.25. The van der Waals surface area contributed by atoms with Crippen LogP contribution in [0.25, 0.3) is 27.5 Å². The first-order valence-electron chi connectivity index (χ1n) is 11.6. The molecular formula is C34H21N. The molecule has 1 heteroatoms. The summed E-state index contributed by atoms with van der Waals surface area (Å²) in [4.78, 5) is 0. The topological polar surface area (TPSA) is 4.93 Å². The van der Waals surface area contributed by atoms with E-state index in [1.165, 1.54) is 21.8 Å². The highest BCUT2D eigenvalue weighted by molar-refractivity contribution is 6.09. The molecule has 0 fully saturated rings. The summed E-state index contributed by atoms with van der Waals surface area (Å²) in [5, 5.41) is 2.53. The van der Waals surface area contributed by atoms with E-state index >= 15 is 0 Å². The first kappa shape index (κ1) is 20.6. The minimum Gasteiger partial charge on any atom is -0.309 e. The van der Waals surface area contributed by atoms with Crippen LogP contribution in [-0.2, 0) is 0 Å². The Hall–Kier alpha value is -4.98. The van der Waals surface area contributed by atoms with Crippen LogP contribution in [-0.4, -0.2) is 4.57 Å². The van der Waals surface area contributed by atoms with Gasteiger partial charge in [-0.3, -0.25) is 0 Å². The lowest BCUT2D eigenvalue weighted by molar-refractivity contribution is 1.18. The molecule has 0 radical (unpaired) electrons. The number of nitrogens with zero attached hydrogens (tertiary/aromatic N) is 1. The van der Waals surface area contributed by atoms with Gasteiger partial charge in [0.2, 0.25) is 0 Å². The van der Waals surface area contributed by atoms with Crippen LogP contribution in [0.5, 0.6) is 0 Å². The zero-order valence-corrected chi connectivity index (χ0v) is 19.1. The molecule has 0 N–H and O–H groups in total. The average molecular weight is 444 g/mol. The van der Waals surface area contributed by atoms with E-state index in [0.717, 1.165) is 27.9 Å². The summed E-state index contributed by atoms with van der Waals surface area (Å²) in [6, 6.07) is 43.7. The molecule has 1 aromatic heterocycles. The number of fused-ring (bicyclic) bond motifs is 3. The fourth-order valence-electron chi connectivity index (χ4n) is 4.34. The fraction of sp³-hybridized carbons (Fsp3) is 0. The Morgan fingerprint density at radius 2 is 0.714 bits per heavy atom. The van der Waals surface area contributed by atoms with Crippen LogP contribution >= 0.6 is 0 Å². The number of rotatable bonds is 1. The van der Waals surface area contributed by atoms with Crippen molar-refractivity contribution >= 4 is 21.8 Å². The molecule has 0 saturated heterocycles. The smallest absolute Gasteiger partial charge is 0.0541 e. The van der Waals surface area contributed by atoms with Gasteiger partial charge in [-0.25, -0.2) is 0 Å². The molecule has 35 heavy (non-hydrogen) atoms. The number of benzene rings is 5. The highest BCUT2D eigenvalue weighted by Crippen LogP contribution is 2.31. The van der Waals surface area contributed by atoms with Crippen molar-refractivity contribution < 1.29 is 0 Å². The molecule has 0 bridgehead atoms. The molecule has 6 rings (SSSR count). The van der Waals surface area contributed by atoms with Gasteiger partial charge in [0.05, 0.1) is 11.0 Å². The summed E-state index contributed by atoms with van der Waals surface area (Å²) < 4.78 is 2.32. The molecule has 0 aliphatic rings. The standard InChI is InChI=1S/C34H21N/c1-2-8-26(9-3-1)14-15-27-16-18-28(19-17-27)20-21-29-22-24-30(25-23-29)35-33-12-6-4-10-31(33)32-11-5-7-13-34(32)35/h1-13,16-19,22-25H. The molecule has 5 aromatic carbocycles. The molecule has 0 spiro atoms. The molecule has 0 aliphatic carbocycles. The van der Waals surface area contributed by atoms with Gasteiger partial charge in [-0.1, -0.05) is 78.3 Å². The van der Waals surface area contributed by atoms with E-state index < -0.39 is 0 Å². The average Bonchev–Trinajstić information content (AvgIpc) is 3.27. The lowest BCUT2D eigenvalue weighted by atomic mass is 10.1. The van der Waals surface area contributed by atoms with E-state index in [2.05, 4.69) is 101 Å². The zero-order chi connectivity index (χ0) is 23.5. The lowest BCUT2D eigenvalue weighted by Crippen LogP contribution is -1.93. The molecule has 1 nitrogen and oxygen atoms in total. The molecular weight excluding hydrogens is 422 g/mol. The van der Waals surface area contributed by atoms with E-state index in [1.54, 1.807) is 0 Å². The molecule has 6 aromatic rings. The van der Waals surface area contributed by atoms with Gasteiger partial charge >= 0.3 is 0 Å². The zero-order valence-electron chi connectivity index (χ0n) is 19.1. The van der Waals surface area contributed by atoms with Gasteiger partial charge in [-0.05, 0) is 72.8 Å². The largest absolute Gasteiger partial charge is 0.309 e. The first-order chi connectivity index (χ1) is 17.3. The van der Waals surface area contributed by atoms with Crippen LogP contribution < -0.4 is 0 Å². The monoisotopic (exact) mass is 443 g/mol. The maximum Gasteiger partial charge on any atom is 0.0541 e. The van der Waals surface area contributed by atoms with Crippen molar-refractivity contribution in [3.05, 3.63) is 150 Å². The van der Waals surface area contributed by atoms with Crippen molar-refractivity contribution in [1.82, 2.24) is 4.57 Å². The third kappa shape index (κ3) is 4.20. The molecule has 0 unspecified atom stereocenters. The summed E-state index contributed by atoms with van der Waals surface area (Å²) in [5.74, 6) is 13.0. The minimum atomic E-state index is 0.974. The van der Waals surface area contributed by atoms with Gasteiger partial charge in [0.15, 0.2) is 0 Å². The van der Waals surface area contributed by atoms with Crippen molar-refractivity contribution in [3.63, 3.8) is 0 Å². The van der Waals surface area contributed by atoms with Crippen LogP contribution in [0.3, 0.4) is 0 Å². The second-order valence-electron chi connectivity index (χ2n) is 8.36. The number of aromatic nitrogens is 1. The number of hydrogen-bond acceptors (Lipinski definition) is 0. The van der Waals surface area contributed by atoms with Gasteiger partial charge < -0.3 is 4.57 Å². The maximum absolute atomic E-state index is 3.29. The molecule has 0 atom stereocenters. The number of para-hydroxylation sites is 2. The van der Waals surface area contributed by atoms with Crippen LogP contribution in [0, 0.1) is 23.7 Å². The third-order valence-electron chi connectivity index (χ3n) is 6.07. The minimum absolute atomic E-state index is 0.974. The van der Waals surface area contributed by atoms with Crippen molar-refractivity contribution in [2.45, 2.75) is 0 Å². The Bertz CT molecular complexity index is 1710. The Kier molecular flexibility index (Phi) is 5.36. The molecule has 0 saturated carbocycles. The lowest BCUT2D eigenvalue weighted by Gasteiger charge is -2.07. The van der Waals surface area contributed by atoms with Gasteiger partial charge in [-0.15, -0.1) is 0 Å². The summed E-state index contributed by atoms with van der Waals surface area (Å²) >= 11 is 0. The molecule has 162 valence electrons. The SMILES string of the molecule is C(#Cc1ccc(C#Cc2ccc(-n3c4ccccc4c4ccccc43)cc2)cc1)c1ccccc1. The first-order valence-corrected chi connectivity index (χ1v) is 11.6. The molecule has 1 heterocycles. The van der Waals surface area contributed by atoms with Crippen LogP contribution in [0.4, 0.5) is 0 Å². The highest BCUT2D eigenvalue weighted by Gasteiger charge is 2.10. The summed E-state index contributed by atoms with van der Waals surface area (Å²) in [6.45, 7) is 0. The predicted octanol–water partition coefficient (Wildman–Crippen LogP) is 7.58. The van der Waals surface area contributed by atoms with E-state index in [0.29, 0.717) is 0 Å². The second-order valence-corrected chi connectivity index (χ2v) is 8.36. The summed E-state index contributed by atoms with van der Waals surface area (Å²) in [7, 11) is 0. The highest BCUT2D eigenvalue weighted by atomic mass is 15.0. The van der Waals surface area contributed by atoms with Crippen molar-refractivity contribution in [3.8, 4) is 29.4 Å². The van der Waals surface area contributed by atoms with Crippen molar-refractivity contribution in [1.29, 1.82) is 0 Å². The summed E-state index contributed by atoms with van der Waals surface area (Å²) in [6.07, 6.45) is 0. The van der Waals surface area contributed by atoms with Gasteiger partial charge in [0, 0.05) is 38.7 Å². The van der Waals surface area contributed by atoms with E-state index in [1.807, 2.05) is 54.6 Å². The summed E-state index contributed by atoms with van der Waals surface area (Å²) in [5.41, 5.74) is 7.51. The predicted molar refractivity (Wildman–Crippen MR) is 146 cm³/mol. The Morgan fingerprint density at radius 1 is 0.343 bits per heavy atom. The molecule has 0 amide bonds. The quantitative estimate of drug-likeness (QED) is 0.231. The van der Waals surface area contributed by atoms with Gasteiger partial charge in [0.1, 0.15) is 0 Å². The third-order valence-corrected chi connectivity index (χ3v) is 6.07. The second kappa shape index (κ2) is 9.11. The van der Waals surface area contributed by atoms with Gasteiger partial charge in [0.25, 0.3) is 0 Å². The van der Waals surface area contributed by atoms with Crippen LogP contribution in [0.1, 0.15) is 22.3 Å². The fourth-order valence-corrected chi connectivity index (χ4v) is 4.34. The normalized spacial score (nSPS) is 10.4. The van der Waals surface area contributed by atoms with Crippen LogP contribution in [0.2, 0.25) is 0 Å². The molecule has 0 aliphatic heterocycles. The van der Waals surface area contributed by atoms with Crippen LogP contribution in [0.15, 0.2) is 127 Å². The van der Waals surface area contributed by atoms with Crippen molar-refractivity contribution in [2.24, 2.45) is 0 Å². The van der Waals surface area contributed by atoms with Crippen molar-refractivity contribution in [2.75, 3.05) is 0 Å². The van der Waals surface area contributed by atoms with E-state index in [4.69, 9.17) is 0 Å². The Morgan fingerprint density at radius 3 is 1.20 bits per heavy atom. The van der Waals surface area contributed by atoms with Gasteiger partial charge in [-0.2, -0.15) is 0 Å². The Labute approximate surface area is 205 Å². The van der Waals surface area contributed by atoms with E-state index in [-0.39, 0.29) is 0 Å².